The summed E-state index contributed by atoms with van der Waals surface area (Å²) in [5, 5.41) is 14.5. The van der Waals surface area contributed by atoms with Crippen LogP contribution in [0.5, 0.6) is 0 Å². The number of aromatic carboxylic acids is 1. The Morgan fingerprint density at radius 3 is 2.30 bits per heavy atom. The van der Waals surface area contributed by atoms with Gasteiger partial charge in [-0.3, -0.25) is 4.79 Å². The predicted octanol–water partition coefficient (Wildman–Crippen LogP) is 6.65. The van der Waals surface area contributed by atoms with Crippen LogP contribution in [0.1, 0.15) is 92.5 Å². The van der Waals surface area contributed by atoms with Gasteiger partial charge in [0.05, 0.1) is 16.8 Å². The first-order chi connectivity index (χ1) is 19.2. The first-order valence-corrected chi connectivity index (χ1v) is 15.1. The molecule has 0 bridgehead atoms. The zero-order valence-electron chi connectivity index (χ0n) is 24.7. The van der Waals surface area contributed by atoms with Gasteiger partial charge in [-0.2, -0.15) is 5.10 Å². The number of carboxylic acid groups (broad SMARTS) is 1. The molecule has 1 fully saturated rings. The van der Waals surface area contributed by atoms with E-state index in [-0.39, 0.29) is 11.5 Å². The number of nitrogens with zero attached hydrogens (tertiary/aromatic N) is 4. The molecule has 0 aliphatic carbocycles. The molecular formula is C33H46N4O3. The molecule has 2 aromatic heterocycles. The van der Waals surface area contributed by atoms with Crippen LogP contribution in [0.4, 0.5) is 0 Å². The van der Waals surface area contributed by atoms with E-state index < -0.39 is 5.97 Å². The Labute approximate surface area is 239 Å². The maximum atomic E-state index is 13.8. The van der Waals surface area contributed by atoms with Crippen molar-refractivity contribution in [2.45, 2.75) is 72.6 Å². The van der Waals surface area contributed by atoms with E-state index in [0.29, 0.717) is 17.4 Å². The van der Waals surface area contributed by atoms with Gasteiger partial charge in [0, 0.05) is 36.0 Å². The number of hydrogen-bond donors (Lipinski definition) is 1. The molecule has 1 amide bonds. The fourth-order valence-electron chi connectivity index (χ4n) is 5.49. The predicted molar refractivity (Wildman–Crippen MR) is 161 cm³/mol. The minimum absolute atomic E-state index is 0.0682. The molecule has 1 saturated heterocycles. The van der Waals surface area contributed by atoms with E-state index in [9.17, 15) is 14.7 Å². The van der Waals surface area contributed by atoms with E-state index in [0.717, 1.165) is 80.7 Å². The highest BCUT2D eigenvalue weighted by atomic mass is 16.4. The van der Waals surface area contributed by atoms with Gasteiger partial charge in [0.15, 0.2) is 0 Å². The van der Waals surface area contributed by atoms with Crippen LogP contribution in [0, 0.1) is 11.8 Å². The number of benzene rings is 1. The Kier molecular flexibility index (Phi) is 10.4. The van der Waals surface area contributed by atoms with Crippen LogP contribution in [-0.2, 0) is 6.42 Å². The Hall–Kier alpha value is -3.19. The molecule has 0 unspecified atom stereocenters. The van der Waals surface area contributed by atoms with Gasteiger partial charge in [0.1, 0.15) is 0 Å². The first kappa shape index (κ1) is 29.8. The third kappa shape index (κ3) is 7.72. The van der Waals surface area contributed by atoms with Gasteiger partial charge in [0.25, 0.3) is 5.91 Å². The zero-order valence-corrected chi connectivity index (χ0v) is 24.7. The number of pyridine rings is 1. The van der Waals surface area contributed by atoms with Gasteiger partial charge >= 0.3 is 5.97 Å². The SMILES string of the molecule is CC(C)CCN(CCC(C)C)C(=O)c1ccn2nc(-c3cccc(C(=O)O)c3)c(CCCN3CCCCC3)c2c1. The lowest BCUT2D eigenvalue weighted by Crippen LogP contribution is -2.34. The number of piperidine rings is 1. The summed E-state index contributed by atoms with van der Waals surface area (Å²) in [5.74, 6) is 0.177. The molecule has 3 heterocycles. The molecule has 3 aromatic rings. The van der Waals surface area contributed by atoms with Gasteiger partial charge in [0.2, 0.25) is 0 Å². The number of rotatable bonds is 13. The van der Waals surface area contributed by atoms with E-state index in [4.69, 9.17) is 5.10 Å². The molecule has 40 heavy (non-hydrogen) atoms. The van der Waals surface area contributed by atoms with E-state index >= 15 is 0 Å². The number of fused-ring (bicyclic) bond motifs is 1. The maximum absolute atomic E-state index is 13.8. The monoisotopic (exact) mass is 546 g/mol. The second-order valence-corrected chi connectivity index (χ2v) is 12.1. The second-order valence-electron chi connectivity index (χ2n) is 12.1. The fraction of sp³-hybridized carbons (Fsp3) is 0.545. The van der Waals surface area contributed by atoms with Gasteiger partial charge in [-0.25, -0.2) is 9.31 Å². The Morgan fingerprint density at radius 2 is 1.65 bits per heavy atom. The minimum Gasteiger partial charge on any atom is -0.478 e. The Balaban J connectivity index is 1.68. The van der Waals surface area contributed by atoms with Gasteiger partial charge in [-0.15, -0.1) is 0 Å². The number of carbonyl (C=O) groups excluding carboxylic acids is 1. The highest BCUT2D eigenvalue weighted by molar-refractivity contribution is 5.96. The normalized spacial score (nSPS) is 14.3. The summed E-state index contributed by atoms with van der Waals surface area (Å²) < 4.78 is 1.85. The van der Waals surface area contributed by atoms with Crippen molar-refractivity contribution in [2.24, 2.45) is 11.8 Å². The second kappa shape index (κ2) is 13.9. The highest BCUT2D eigenvalue weighted by Crippen LogP contribution is 2.29. The van der Waals surface area contributed by atoms with Crippen LogP contribution in [0.2, 0.25) is 0 Å². The standard InChI is InChI=1S/C33H46N4O3/c1-24(2)13-19-36(20-14-25(3)4)32(38)27-15-21-37-30(23-27)29(12-9-18-35-16-6-5-7-17-35)31(34-37)26-10-8-11-28(22-26)33(39)40/h8,10-11,15,21-25H,5-7,9,12-14,16-20H2,1-4H3,(H,39,40). The molecule has 7 nitrogen and oxygen atoms in total. The average molecular weight is 547 g/mol. The molecule has 0 radical (unpaired) electrons. The quantitative estimate of drug-likeness (QED) is 0.260. The molecule has 0 saturated carbocycles. The number of hydrogen-bond acceptors (Lipinski definition) is 4. The van der Waals surface area contributed by atoms with Crippen LogP contribution >= 0.6 is 0 Å². The molecule has 1 aliphatic heterocycles. The van der Waals surface area contributed by atoms with E-state index in [1.54, 1.807) is 18.2 Å². The lowest BCUT2D eigenvalue weighted by Gasteiger charge is -2.26. The third-order valence-corrected chi connectivity index (χ3v) is 7.96. The maximum Gasteiger partial charge on any atom is 0.335 e. The summed E-state index contributed by atoms with van der Waals surface area (Å²) in [6.45, 7) is 13.6. The number of aromatic nitrogens is 2. The Morgan fingerprint density at radius 1 is 0.950 bits per heavy atom. The van der Waals surface area contributed by atoms with Crippen molar-refractivity contribution in [1.29, 1.82) is 0 Å². The number of carboxylic acids is 1. The third-order valence-electron chi connectivity index (χ3n) is 7.96. The molecule has 1 aliphatic rings. The van der Waals surface area contributed by atoms with Crippen LogP contribution in [0.25, 0.3) is 16.8 Å². The zero-order chi connectivity index (χ0) is 28.6. The number of amides is 1. The fourth-order valence-corrected chi connectivity index (χ4v) is 5.49. The molecule has 0 atom stereocenters. The summed E-state index contributed by atoms with van der Waals surface area (Å²) in [6, 6.07) is 10.9. The number of likely N-dealkylation sites (tertiary alicyclic amines) is 1. The average Bonchev–Trinajstić information content (AvgIpc) is 3.31. The topological polar surface area (TPSA) is 78.1 Å². The first-order valence-electron chi connectivity index (χ1n) is 15.1. The molecule has 7 heteroatoms. The summed E-state index contributed by atoms with van der Waals surface area (Å²) in [6.07, 6.45) is 9.48. The van der Waals surface area contributed by atoms with Crippen molar-refractivity contribution in [3.05, 3.63) is 59.3 Å². The molecule has 216 valence electrons. The van der Waals surface area contributed by atoms with Crippen molar-refractivity contribution >= 4 is 17.4 Å². The van der Waals surface area contributed by atoms with Crippen LogP contribution in [0.15, 0.2) is 42.6 Å². The smallest absolute Gasteiger partial charge is 0.335 e. The van der Waals surface area contributed by atoms with Crippen LogP contribution in [0.3, 0.4) is 0 Å². The van der Waals surface area contributed by atoms with Gasteiger partial charge < -0.3 is 14.9 Å². The van der Waals surface area contributed by atoms with E-state index in [1.807, 2.05) is 33.8 Å². The van der Waals surface area contributed by atoms with Crippen molar-refractivity contribution in [2.75, 3.05) is 32.7 Å². The molecule has 0 spiro atoms. The Bertz CT molecular complexity index is 1280. The summed E-state index contributed by atoms with van der Waals surface area (Å²) in [7, 11) is 0. The minimum atomic E-state index is -0.951. The number of aryl methyl sites for hydroxylation is 1. The molecule has 4 rings (SSSR count). The van der Waals surface area contributed by atoms with Crippen molar-refractivity contribution < 1.29 is 14.7 Å². The van der Waals surface area contributed by atoms with Gasteiger partial charge in [-0.05, 0) is 94.3 Å². The van der Waals surface area contributed by atoms with E-state index in [1.165, 1.54) is 19.3 Å². The highest BCUT2D eigenvalue weighted by Gasteiger charge is 2.21. The van der Waals surface area contributed by atoms with Crippen LogP contribution < -0.4 is 0 Å². The lowest BCUT2D eigenvalue weighted by atomic mass is 10.00. The molecule has 1 N–H and O–H groups in total. The lowest BCUT2D eigenvalue weighted by molar-refractivity contribution is 0.0695. The van der Waals surface area contributed by atoms with E-state index in [2.05, 4.69) is 32.6 Å². The van der Waals surface area contributed by atoms with Crippen LogP contribution in [-0.4, -0.2) is 69.1 Å². The molecular weight excluding hydrogens is 500 g/mol. The largest absolute Gasteiger partial charge is 0.478 e. The summed E-state index contributed by atoms with van der Waals surface area (Å²) >= 11 is 0. The van der Waals surface area contributed by atoms with Crippen molar-refractivity contribution in [3.8, 4) is 11.3 Å². The summed E-state index contributed by atoms with van der Waals surface area (Å²) in [5.41, 5.74) is 4.51. The summed E-state index contributed by atoms with van der Waals surface area (Å²) in [4.78, 5) is 30.0. The van der Waals surface area contributed by atoms with Gasteiger partial charge in [-0.1, -0.05) is 46.2 Å². The molecule has 1 aromatic carbocycles. The van der Waals surface area contributed by atoms with Crippen molar-refractivity contribution in [3.63, 3.8) is 0 Å². The van der Waals surface area contributed by atoms with Crippen molar-refractivity contribution in [1.82, 2.24) is 19.4 Å². The number of carbonyl (C=O) groups is 2.